The standard InChI is InChI=1S/C23H24N2O4S/c1-3-21(17-7-5-4-6-8-17)24-23(27)20-15-18(26)11-14-22(20)25-30(28,29)19-12-9-16(2)10-13-19/h4-15,21,25-26H,3H2,1-2H3,(H,24,27)/t21-/m0/s1. The third kappa shape index (κ3) is 4.99. The van der Waals surface area contributed by atoms with Gasteiger partial charge in [0.2, 0.25) is 0 Å². The molecule has 1 atom stereocenters. The molecule has 0 spiro atoms. The fourth-order valence-corrected chi connectivity index (χ4v) is 4.15. The zero-order valence-corrected chi connectivity index (χ0v) is 17.6. The van der Waals surface area contributed by atoms with Crippen molar-refractivity contribution in [3.05, 3.63) is 89.5 Å². The number of nitrogens with one attached hydrogen (secondary N) is 2. The summed E-state index contributed by atoms with van der Waals surface area (Å²) in [5.74, 6) is -0.616. The van der Waals surface area contributed by atoms with E-state index in [9.17, 15) is 18.3 Å². The van der Waals surface area contributed by atoms with Crippen LogP contribution in [0.4, 0.5) is 5.69 Å². The molecule has 0 aromatic heterocycles. The largest absolute Gasteiger partial charge is 0.508 e. The average molecular weight is 425 g/mol. The van der Waals surface area contributed by atoms with Crippen LogP contribution in [0.3, 0.4) is 0 Å². The van der Waals surface area contributed by atoms with Crippen LogP contribution in [0.25, 0.3) is 0 Å². The van der Waals surface area contributed by atoms with E-state index in [2.05, 4.69) is 10.0 Å². The molecule has 0 aliphatic heterocycles. The summed E-state index contributed by atoms with van der Waals surface area (Å²) in [5.41, 5.74) is 2.01. The molecule has 156 valence electrons. The Hall–Kier alpha value is -3.32. The van der Waals surface area contributed by atoms with Gasteiger partial charge in [-0.15, -0.1) is 0 Å². The number of sulfonamides is 1. The summed E-state index contributed by atoms with van der Waals surface area (Å²) in [6, 6.07) is 19.6. The number of rotatable bonds is 7. The van der Waals surface area contributed by atoms with E-state index < -0.39 is 15.9 Å². The maximum Gasteiger partial charge on any atom is 0.261 e. The van der Waals surface area contributed by atoms with Gasteiger partial charge in [-0.2, -0.15) is 0 Å². The van der Waals surface area contributed by atoms with E-state index in [1.54, 1.807) is 12.1 Å². The highest BCUT2D eigenvalue weighted by Crippen LogP contribution is 2.26. The molecule has 0 unspecified atom stereocenters. The maximum atomic E-state index is 13.0. The minimum absolute atomic E-state index is 0.0417. The number of hydrogen-bond donors (Lipinski definition) is 3. The van der Waals surface area contributed by atoms with E-state index in [1.807, 2.05) is 44.2 Å². The molecule has 0 fully saturated rings. The summed E-state index contributed by atoms with van der Waals surface area (Å²) >= 11 is 0. The van der Waals surface area contributed by atoms with Crippen molar-refractivity contribution < 1.29 is 18.3 Å². The van der Waals surface area contributed by atoms with Gasteiger partial charge in [0.15, 0.2) is 0 Å². The van der Waals surface area contributed by atoms with Crippen molar-refractivity contribution in [3.63, 3.8) is 0 Å². The quantitative estimate of drug-likeness (QED) is 0.491. The Labute approximate surface area is 176 Å². The lowest BCUT2D eigenvalue weighted by atomic mass is 10.0. The predicted molar refractivity (Wildman–Crippen MR) is 117 cm³/mol. The molecule has 0 aliphatic rings. The molecule has 3 N–H and O–H groups in total. The molecule has 3 aromatic carbocycles. The first-order valence-corrected chi connectivity index (χ1v) is 11.1. The van der Waals surface area contributed by atoms with Crippen LogP contribution < -0.4 is 10.0 Å². The SMILES string of the molecule is CC[C@H](NC(=O)c1cc(O)ccc1NS(=O)(=O)c1ccc(C)cc1)c1ccccc1. The Bertz CT molecular complexity index is 1130. The van der Waals surface area contributed by atoms with Crippen LogP contribution in [0.5, 0.6) is 5.75 Å². The van der Waals surface area contributed by atoms with E-state index in [4.69, 9.17) is 0 Å². The molecule has 6 nitrogen and oxygen atoms in total. The average Bonchev–Trinajstić information content (AvgIpc) is 2.74. The lowest BCUT2D eigenvalue weighted by Crippen LogP contribution is -2.29. The Morgan fingerprint density at radius 3 is 2.30 bits per heavy atom. The van der Waals surface area contributed by atoms with E-state index in [1.165, 1.54) is 30.3 Å². The fraction of sp³-hybridized carbons (Fsp3) is 0.174. The third-order valence-electron chi connectivity index (χ3n) is 4.74. The van der Waals surface area contributed by atoms with Crippen LogP contribution in [0, 0.1) is 6.92 Å². The van der Waals surface area contributed by atoms with Gasteiger partial charge in [0.25, 0.3) is 15.9 Å². The van der Waals surface area contributed by atoms with Crippen LogP contribution >= 0.6 is 0 Å². The second-order valence-corrected chi connectivity index (χ2v) is 8.68. The van der Waals surface area contributed by atoms with Crippen LogP contribution in [0.15, 0.2) is 77.7 Å². The van der Waals surface area contributed by atoms with Gasteiger partial charge < -0.3 is 10.4 Å². The van der Waals surface area contributed by atoms with Gasteiger partial charge in [-0.25, -0.2) is 8.42 Å². The van der Waals surface area contributed by atoms with Gasteiger partial charge in [-0.1, -0.05) is 55.0 Å². The van der Waals surface area contributed by atoms with Crippen molar-refractivity contribution in [2.24, 2.45) is 0 Å². The molecule has 0 bridgehead atoms. The number of benzene rings is 3. The van der Waals surface area contributed by atoms with E-state index in [0.29, 0.717) is 6.42 Å². The summed E-state index contributed by atoms with van der Waals surface area (Å²) in [7, 11) is -3.90. The Morgan fingerprint density at radius 2 is 1.67 bits per heavy atom. The summed E-state index contributed by atoms with van der Waals surface area (Å²) in [4.78, 5) is 13.1. The second-order valence-electron chi connectivity index (χ2n) is 6.99. The molecule has 0 saturated carbocycles. The van der Waals surface area contributed by atoms with E-state index >= 15 is 0 Å². The van der Waals surface area contributed by atoms with Gasteiger partial charge in [-0.3, -0.25) is 9.52 Å². The minimum Gasteiger partial charge on any atom is -0.508 e. The highest BCUT2D eigenvalue weighted by molar-refractivity contribution is 7.92. The highest BCUT2D eigenvalue weighted by Gasteiger charge is 2.21. The van der Waals surface area contributed by atoms with Crippen molar-refractivity contribution in [1.82, 2.24) is 5.32 Å². The number of carbonyl (C=O) groups excluding carboxylic acids is 1. The Morgan fingerprint density at radius 1 is 1.00 bits per heavy atom. The monoisotopic (exact) mass is 424 g/mol. The number of hydrogen-bond acceptors (Lipinski definition) is 4. The molecule has 0 heterocycles. The smallest absolute Gasteiger partial charge is 0.261 e. The topological polar surface area (TPSA) is 95.5 Å². The molecule has 1 amide bonds. The number of aromatic hydroxyl groups is 1. The summed E-state index contributed by atoms with van der Waals surface area (Å²) in [5, 5.41) is 12.8. The predicted octanol–water partition coefficient (Wildman–Crippen LogP) is 4.38. The molecular formula is C23H24N2O4S. The first-order valence-electron chi connectivity index (χ1n) is 9.58. The van der Waals surface area contributed by atoms with Crippen LogP contribution in [0.2, 0.25) is 0 Å². The summed E-state index contributed by atoms with van der Waals surface area (Å²) in [6.45, 7) is 3.81. The molecule has 3 rings (SSSR count). The molecule has 0 saturated heterocycles. The Balaban J connectivity index is 1.89. The van der Waals surface area contributed by atoms with Crippen molar-refractivity contribution >= 4 is 21.6 Å². The number of aryl methyl sites for hydroxylation is 1. The number of anilines is 1. The van der Waals surface area contributed by atoms with Crippen LogP contribution in [0.1, 0.15) is 40.9 Å². The van der Waals surface area contributed by atoms with Gasteiger partial charge in [0, 0.05) is 0 Å². The molecule has 0 aliphatic carbocycles. The first kappa shape index (κ1) is 21.4. The highest BCUT2D eigenvalue weighted by atomic mass is 32.2. The summed E-state index contributed by atoms with van der Waals surface area (Å²) in [6.07, 6.45) is 0.652. The number of phenols is 1. The molecule has 0 radical (unpaired) electrons. The van der Waals surface area contributed by atoms with Crippen molar-refractivity contribution in [2.45, 2.75) is 31.2 Å². The number of carbonyl (C=O) groups is 1. The third-order valence-corrected chi connectivity index (χ3v) is 6.12. The number of amides is 1. The van der Waals surface area contributed by atoms with Gasteiger partial charge in [0.1, 0.15) is 5.75 Å². The Kier molecular flexibility index (Phi) is 6.42. The van der Waals surface area contributed by atoms with Crippen molar-refractivity contribution in [3.8, 4) is 5.75 Å². The van der Waals surface area contributed by atoms with Gasteiger partial charge in [0.05, 0.1) is 22.2 Å². The second kappa shape index (κ2) is 9.00. The molecule has 30 heavy (non-hydrogen) atoms. The molecular weight excluding hydrogens is 400 g/mol. The van der Waals surface area contributed by atoms with E-state index in [0.717, 1.165) is 11.1 Å². The molecule has 7 heteroatoms. The lowest BCUT2D eigenvalue weighted by Gasteiger charge is -2.19. The fourth-order valence-electron chi connectivity index (χ4n) is 3.07. The van der Waals surface area contributed by atoms with E-state index in [-0.39, 0.29) is 27.9 Å². The van der Waals surface area contributed by atoms with Crippen molar-refractivity contribution in [2.75, 3.05) is 4.72 Å². The molecule has 3 aromatic rings. The van der Waals surface area contributed by atoms with Crippen molar-refractivity contribution in [1.29, 1.82) is 0 Å². The number of phenolic OH excluding ortho intramolecular Hbond substituents is 1. The summed E-state index contributed by atoms with van der Waals surface area (Å²) < 4.78 is 28.0. The zero-order valence-electron chi connectivity index (χ0n) is 16.8. The normalized spacial score (nSPS) is 12.2. The van der Waals surface area contributed by atoms with Crippen LogP contribution in [-0.2, 0) is 10.0 Å². The van der Waals surface area contributed by atoms with Crippen LogP contribution in [-0.4, -0.2) is 19.4 Å². The van der Waals surface area contributed by atoms with Gasteiger partial charge in [-0.05, 0) is 49.2 Å². The first-order chi connectivity index (χ1) is 14.3. The minimum atomic E-state index is -3.90. The maximum absolute atomic E-state index is 13.0. The lowest BCUT2D eigenvalue weighted by molar-refractivity contribution is 0.0936. The zero-order chi connectivity index (χ0) is 21.7. The van der Waals surface area contributed by atoms with Gasteiger partial charge >= 0.3 is 0 Å².